The van der Waals surface area contributed by atoms with E-state index >= 15 is 0 Å². The zero-order valence-electron chi connectivity index (χ0n) is 9.02. The summed E-state index contributed by atoms with van der Waals surface area (Å²) < 4.78 is 63.1. The van der Waals surface area contributed by atoms with Crippen LogP contribution in [0.1, 0.15) is 26.7 Å². The van der Waals surface area contributed by atoms with Gasteiger partial charge in [0.1, 0.15) is 0 Å². The molecule has 0 radical (unpaired) electrons. The third kappa shape index (κ3) is 3.72. The van der Waals surface area contributed by atoms with Gasteiger partial charge in [-0.05, 0) is 12.8 Å². The van der Waals surface area contributed by atoms with Crippen molar-refractivity contribution in [1.29, 1.82) is 0 Å². The lowest BCUT2D eigenvalue weighted by Crippen LogP contribution is -1.86. The second kappa shape index (κ2) is 4.96. The average molecular weight is 297 g/mol. The topological polar surface area (TPSA) is 37.1 Å². The van der Waals surface area contributed by atoms with Gasteiger partial charge >= 0.3 is 7.83 Å². The molecule has 0 aromatic rings. The zero-order valence-corrected chi connectivity index (χ0v) is 11.7. The van der Waals surface area contributed by atoms with Crippen molar-refractivity contribution < 1.29 is 16.8 Å². The van der Waals surface area contributed by atoms with Crippen LogP contribution in [0.4, 0.5) is 16.8 Å². The molecule has 16 heavy (non-hydrogen) atoms. The van der Waals surface area contributed by atoms with Crippen molar-refractivity contribution in [2.75, 3.05) is 12.3 Å². The summed E-state index contributed by atoms with van der Waals surface area (Å²) in [6, 6.07) is 0. The molecule has 0 N–H and O–H groups in total. The van der Waals surface area contributed by atoms with Crippen LogP contribution in [0, 0.1) is 0 Å². The van der Waals surface area contributed by atoms with E-state index in [-0.39, 0.29) is 12.3 Å². The molecule has 0 saturated heterocycles. The fourth-order valence-electron chi connectivity index (χ4n) is 1.34. The minimum atomic E-state index is -5.13. The summed E-state index contributed by atoms with van der Waals surface area (Å²) in [6.07, 6.45) is 0.244. The van der Waals surface area contributed by atoms with E-state index in [2.05, 4.69) is 13.5 Å². The summed E-state index contributed by atoms with van der Waals surface area (Å²) in [6.45, 7) is 3.26. The Kier molecular flexibility index (Phi) is 4.48. The monoisotopic (exact) mass is 297 g/mol. The van der Waals surface area contributed by atoms with Gasteiger partial charge in [0.2, 0.25) is 0 Å². The first-order valence-electron chi connectivity index (χ1n) is 4.92. The van der Waals surface area contributed by atoms with E-state index in [1.807, 2.05) is 0 Å². The van der Waals surface area contributed by atoms with Gasteiger partial charge in [-0.1, -0.05) is 13.8 Å². The molecular weight excluding hydrogens is 283 g/mol. The van der Waals surface area contributed by atoms with E-state index in [0.29, 0.717) is 12.8 Å². The predicted octanol–water partition coefficient (Wildman–Crippen LogP) is 6.71. The standard InChI is InChI=1S/C6H14F4N3P3/c1-3-5-14(7)11-15(8,6-4-2)13-16(9,10)12-14/h3-6H2,1-2H3. The van der Waals surface area contributed by atoms with Gasteiger partial charge in [-0.25, -0.2) is 0 Å². The Hall–Kier alpha value is 0.410. The van der Waals surface area contributed by atoms with Crippen LogP contribution in [0.5, 0.6) is 0 Å². The van der Waals surface area contributed by atoms with Gasteiger partial charge in [0.05, 0.1) is 0 Å². The summed E-state index contributed by atoms with van der Waals surface area (Å²) in [5.41, 5.74) is 0. The number of halogens is 4. The van der Waals surface area contributed by atoms with Gasteiger partial charge in [0, 0.05) is 12.3 Å². The van der Waals surface area contributed by atoms with Crippen LogP contribution < -0.4 is 0 Å². The lowest BCUT2D eigenvalue weighted by Gasteiger charge is -2.20. The van der Waals surface area contributed by atoms with Crippen LogP contribution in [-0.2, 0) is 0 Å². The van der Waals surface area contributed by atoms with Crippen LogP contribution >= 0.6 is 22.9 Å². The Morgan fingerprint density at radius 2 is 1.19 bits per heavy atom. The van der Waals surface area contributed by atoms with Crippen LogP contribution in [-0.4, -0.2) is 12.3 Å². The highest BCUT2D eigenvalue weighted by Crippen LogP contribution is 2.81. The zero-order chi connectivity index (χ0) is 12.4. The molecule has 0 fully saturated rings. The van der Waals surface area contributed by atoms with Gasteiger partial charge in [-0.2, -0.15) is 21.9 Å². The lowest BCUT2D eigenvalue weighted by atomic mass is 10.6. The molecule has 0 bridgehead atoms. The molecule has 2 unspecified atom stereocenters. The Labute approximate surface area is 92.8 Å². The average Bonchev–Trinajstić information content (AvgIpc) is 1.97. The van der Waals surface area contributed by atoms with Gasteiger partial charge < -0.3 is 0 Å². The number of rotatable bonds is 4. The molecule has 0 aromatic carbocycles. The molecule has 1 aliphatic rings. The predicted molar refractivity (Wildman–Crippen MR) is 62.8 cm³/mol. The highest BCUT2D eigenvalue weighted by Gasteiger charge is 2.37. The molecule has 3 nitrogen and oxygen atoms in total. The van der Waals surface area contributed by atoms with E-state index in [1.165, 1.54) is 0 Å². The van der Waals surface area contributed by atoms with Crippen molar-refractivity contribution in [2.45, 2.75) is 26.7 Å². The summed E-state index contributed by atoms with van der Waals surface area (Å²) >= 11 is 0. The summed E-state index contributed by atoms with van der Waals surface area (Å²) in [4.78, 5) is 0. The first kappa shape index (κ1) is 14.5. The molecular formula is C6H14F4N3P3. The Balaban J connectivity index is 3.30. The highest BCUT2D eigenvalue weighted by atomic mass is 31.3. The molecule has 0 saturated carbocycles. The van der Waals surface area contributed by atoms with E-state index in [4.69, 9.17) is 0 Å². The van der Waals surface area contributed by atoms with Crippen molar-refractivity contribution in [1.82, 2.24) is 0 Å². The summed E-state index contributed by atoms with van der Waals surface area (Å²) in [5, 5.41) is 0. The molecule has 1 aliphatic heterocycles. The normalized spacial score (nSPS) is 37.1. The molecule has 2 atom stereocenters. The lowest BCUT2D eigenvalue weighted by molar-refractivity contribution is 0.719. The third-order valence-electron chi connectivity index (χ3n) is 1.78. The smallest absolute Gasteiger partial charge is 0.183 e. The largest absolute Gasteiger partial charge is 0.421 e. The molecule has 0 aliphatic carbocycles. The summed E-state index contributed by atoms with van der Waals surface area (Å²) in [5.74, 6) is 0. The molecule has 10 heteroatoms. The molecule has 1 rings (SSSR count). The van der Waals surface area contributed by atoms with Gasteiger partial charge in [-0.15, -0.1) is 8.39 Å². The maximum atomic E-state index is 13.9. The fraction of sp³-hybridized carbons (Fsp3) is 1.00. The van der Waals surface area contributed by atoms with Crippen LogP contribution in [0.15, 0.2) is 13.5 Å². The van der Waals surface area contributed by atoms with Gasteiger partial charge in [-0.3, -0.25) is 0 Å². The highest BCUT2D eigenvalue weighted by molar-refractivity contribution is 7.81. The Morgan fingerprint density at radius 3 is 1.62 bits per heavy atom. The maximum Gasteiger partial charge on any atom is 0.421 e. The first-order valence-corrected chi connectivity index (χ1v) is 9.94. The van der Waals surface area contributed by atoms with E-state index in [9.17, 15) is 16.8 Å². The van der Waals surface area contributed by atoms with Crippen molar-refractivity contribution in [3.8, 4) is 0 Å². The minimum absolute atomic E-state index is 0.201. The second-order valence-electron chi connectivity index (χ2n) is 3.46. The minimum Gasteiger partial charge on any atom is -0.183 e. The van der Waals surface area contributed by atoms with Crippen molar-refractivity contribution in [3.63, 3.8) is 0 Å². The number of hydrogen-bond donors (Lipinski definition) is 0. The van der Waals surface area contributed by atoms with E-state index in [1.54, 1.807) is 13.8 Å². The maximum absolute atomic E-state index is 13.9. The Morgan fingerprint density at radius 1 is 0.750 bits per heavy atom. The first-order chi connectivity index (χ1) is 7.24. The molecule has 1 heterocycles. The molecule has 96 valence electrons. The van der Waals surface area contributed by atoms with Gasteiger partial charge in [0.15, 0.2) is 0 Å². The SMILES string of the molecule is CCCP1(F)=NP(F)(F)=NP(F)(CCC)=N1. The molecule has 0 aromatic heterocycles. The van der Waals surface area contributed by atoms with Gasteiger partial charge in [0.25, 0.3) is 15.0 Å². The van der Waals surface area contributed by atoms with Crippen LogP contribution in [0.25, 0.3) is 0 Å². The van der Waals surface area contributed by atoms with Crippen molar-refractivity contribution in [2.24, 2.45) is 13.5 Å². The number of nitrogens with zero attached hydrogens (tertiary/aromatic N) is 3. The molecule has 0 spiro atoms. The van der Waals surface area contributed by atoms with Crippen LogP contribution in [0.3, 0.4) is 0 Å². The Bertz CT molecular complexity index is 415. The van der Waals surface area contributed by atoms with E-state index in [0.717, 1.165) is 0 Å². The quantitative estimate of drug-likeness (QED) is 0.408. The fourth-order valence-corrected chi connectivity index (χ4v) is 9.62. The number of hydrogen-bond acceptors (Lipinski definition) is 3. The van der Waals surface area contributed by atoms with E-state index < -0.39 is 22.9 Å². The second-order valence-corrected chi connectivity index (χ2v) is 9.98. The third-order valence-corrected chi connectivity index (χ3v) is 9.92. The van der Waals surface area contributed by atoms with Crippen molar-refractivity contribution >= 4 is 22.9 Å². The molecule has 0 amide bonds. The summed E-state index contributed by atoms with van der Waals surface area (Å²) in [7, 11) is -13.1. The van der Waals surface area contributed by atoms with Crippen LogP contribution in [0.2, 0.25) is 0 Å². The van der Waals surface area contributed by atoms with Crippen molar-refractivity contribution in [3.05, 3.63) is 0 Å².